The van der Waals surface area contributed by atoms with Crippen molar-refractivity contribution in [1.29, 1.82) is 0 Å². The van der Waals surface area contributed by atoms with Gasteiger partial charge >= 0.3 is 19.1 Å². The molecule has 0 aliphatic carbocycles. The Kier molecular flexibility index (Phi) is 3.46. The molecule has 0 bridgehead atoms. The molecular weight excluding hydrogens is 277 g/mol. The van der Waals surface area contributed by atoms with E-state index in [9.17, 15) is 9.59 Å². The quantitative estimate of drug-likeness (QED) is 0.721. The maximum absolute atomic E-state index is 11.7. The van der Waals surface area contributed by atoms with Gasteiger partial charge in [-0.1, -0.05) is 18.2 Å². The summed E-state index contributed by atoms with van der Waals surface area (Å²) in [6.07, 6.45) is 0. The number of likely N-dealkylation sites (N-methyl/N-ethyl adjacent to an activating group) is 1. The first-order valence-corrected chi connectivity index (χ1v) is 6.99. The van der Waals surface area contributed by atoms with E-state index in [1.165, 1.54) is 11.3 Å². The molecule has 1 aromatic heterocycles. The van der Waals surface area contributed by atoms with Gasteiger partial charge in [-0.3, -0.25) is 14.5 Å². The van der Waals surface area contributed by atoms with Crippen LogP contribution < -0.4 is 4.78 Å². The molecule has 0 saturated carbocycles. The van der Waals surface area contributed by atoms with Crippen LogP contribution in [0.4, 0.5) is 0 Å². The van der Waals surface area contributed by atoms with Crippen molar-refractivity contribution in [1.82, 2.24) is 4.90 Å². The number of nitrogens with zero attached hydrogens (tertiary/aromatic N) is 1. The standard InChI is InChI=1S/C13H12BNO4S/c1-15-7-12(16)18-14(19-13(17)8-15)11-6-9-4-2-3-5-10(9)20-11/h2-6H,7-8H2,1H3. The van der Waals surface area contributed by atoms with Gasteiger partial charge in [0.05, 0.1) is 17.9 Å². The summed E-state index contributed by atoms with van der Waals surface area (Å²) in [6, 6.07) is 9.70. The third kappa shape index (κ3) is 2.68. The third-order valence-electron chi connectivity index (χ3n) is 2.95. The molecule has 1 aliphatic heterocycles. The molecule has 1 aliphatic rings. The van der Waals surface area contributed by atoms with E-state index < -0.39 is 19.1 Å². The smallest absolute Gasteiger partial charge is 0.494 e. The number of fused-ring (bicyclic) bond motifs is 1. The number of carbonyl (C=O) groups is 2. The van der Waals surface area contributed by atoms with E-state index in [4.69, 9.17) is 9.31 Å². The predicted octanol–water partition coefficient (Wildman–Crippen LogP) is 0.628. The van der Waals surface area contributed by atoms with Crippen molar-refractivity contribution in [2.24, 2.45) is 0 Å². The van der Waals surface area contributed by atoms with Crippen LogP contribution in [0.2, 0.25) is 0 Å². The molecule has 5 nitrogen and oxygen atoms in total. The Morgan fingerprint density at radius 2 is 1.80 bits per heavy atom. The van der Waals surface area contributed by atoms with Crippen molar-refractivity contribution < 1.29 is 18.9 Å². The molecular formula is C13H12BNO4S. The SMILES string of the molecule is CN1CC(=O)OB(c2cc3ccccc3s2)OC(=O)C1. The maximum Gasteiger partial charge on any atom is 0.647 e. The Morgan fingerprint density at radius 1 is 1.15 bits per heavy atom. The number of hydrogen-bond donors (Lipinski definition) is 0. The molecule has 2 heterocycles. The highest BCUT2D eigenvalue weighted by molar-refractivity contribution is 7.28. The first kappa shape index (κ1) is 13.1. The predicted molar refractivity (Wildman–Crippen MR) is 76.9 cm³/mol. The molecule has 7 heteroatoms. The zero-order valence-corrected chi connectivity index (χ0v) is 11.7. The van der Waals surface area contributed by atoms with Crippen LogP contribution in [0.1, 0.15) is 0 Å². The summed E-state index contributed by atoms with van der Waals surface area (Å²) in [5.74, 6) is -0.801. The third-order valence-corrected chi connectivity index (χ3v) is 4.09. The molecule has 0 unspecified atom stereocenters. The van der Waals surface area contributed by atoms with Crippen molar-refractivity contribution in [3.05, 3.63) is 30.3 Å². The summed E-state index contributed by atoms with van der Waals surface area (Å²) in [5.41, 5.74) is 0. The maximum atomic E-state index is 11.7. The zero-order chi connectivity index (χ0) is 14.1. The summed E-state index contributed by atoms with van der Waals surface area (Å²) in [6.45, 7) is 0.160. The normalized spacial score (nSPS) is 17.6. The van der Waals surface area contributed by atoms with Crippen LogP contribution in [0.5, 0.6) is 0 Å². The molecule has 1 saturated heterocycles. The van der Waals surface area contributed by atoms with E-state index in [-0.39, 0.29) is 13.1 Å². The monoisotopic (exact) mass is 289 g/mol. The van der Waals surface area contributed by atoms with Crippen LogP contribution in [-0.2, 0) is 18.9 Å². The van der Waals surface area contributed by atoms with Gasteiger partial charge < -0.3 is 9.31 Å². The highest BCUT2D eigenvalue weighted by Crippen LogP contribution is 2.19. The lowest BCUT2D eigenvalue weighted by atomic mass is 9.86. The summed E-state index contributed by atoms with van der Waals surface area (Å²) in [4.78, 5) is 25.0. The number of hydrogen-bond acceptors (Lipinski definition) is 6. The number of rotatable bonds is 1. The lowest BCUT2D eigenvalue weighted by Gasteiger charge is -2.21. The van der Waals surface area contributed by atoms with E-state index in [1.54, 1.807) is 11.9 Å². The number of benzene rings is 1. The van der Waals surface area contributed by atoms with Gasteiger partial charge in [0.15, 0.2) is 0 Å². The molecule has 20 heavy (non-hydrogen) atoms. The van der Waals surface area contributed by atoms with Crippen LogP contribution in [0.15, 0.2) is 30.3 Å². The van der Waals surface area contributed by atoms with Crippen molar-refractivity contribution >= 4 is 45.3 Å². The molecule has 102 valence electrons. The van der Waals surface area contributed by atoms with Crippen LogP contribution in [0.25, 0.3) is 10.1 Å². The molecule has 0 spiro atoms. The van der Waals surface area contributed by atoms with Gasteiger partial charge in [-0.25, -0.2) is 0 Å². The van der Waals surface area contributed by atoms with Gasteiger partial charge in [-0.2, -0.15) is 0 Å². The van der Waals surface area contributed by atoms with Crippen molar-refractivity contribution in [2.75, 3.05) is 20.1 Å². The van der Waals surface area contributed by atoms with Crippen LogP contribution in [-0.4, -0.2) is 44.1 Å². The fourth-order valence-corrected chi connectivity index (χ4v) is 3.09. The average molecular weight is 289 g/mol. The molecule has 3 rings (SSSR count). The summed E-state index contributed by atoms with van der Waals surface area (Å²) in [5, 5.41) is 1.04. The van der Waals surface area contributed by atoms with Crippen LogP contribution >= 0.6 is 11.3 Å². The van der Waals surface area contributed by atoms with Crippen molar-refractivity contribution in [2.45, 2.75) is 0 Å². The average Bonchev–Trinajstić information content (AvgIpc) is 2.79. The number of carbonyl (C=O) groups excluding carboxylic acids is 2. The van der Waals surface area contributed by atoms with E-state index in [2.05, 4.69) is 0 Å². The largest absolute Gasteiger partial charge is 0.647 e. The topological polar surface area (TPSA) is 55.8 Å². The van der Waals surface area contributed by atoms with Crippen LogP contribution in [0, 0.1) is 0 Å². The first-order valence-electron chi connectivity index (χ1n) is 6.18. The minimum Gasteiger partial charge on any atom is -0.494 e. The van der Waals surface area contributed by atoms with Gasteiger partial charge in [0.2, 0.25) is 0 Å². The Labute approximate surface area is 120 Å². The Bertz CT molecular complexity index is 618. The lowest BCUT2D eigenvalue weighted by Crippen LogP contribution is -2.47. The van der Waals surface area contributed by atoms with Crippen molar-refractivity contribution in [3.63, 3.8) is 0 Å². The van der Waals surface area contributed by atoms with Gasteiger partial charge in [0.25, 0.3) is 0 Å². The van der Waals surface area contributed by atoms with E-state index in [0.29, 0.717) is 0 Å². The highest BCUT2D eigenvalue weighted by Gasteiger charge is 2.35. The molecule has 1 aromatic carbocycles. The summed E-state index contributed by atoms with van der Waals surface area (Å²) >= 11 is 1.46. The van der Waals surface area contributed by atoms with Gasteiger partial charge in [-0.15, -0.1) is 11.3 Å². The minimum atomic E-state index is -0.943. The molecule has 0 amide bonds. The van der Waals surface area contributed by atoms with E-state index >= 15 is 0 Å². The first-order chi connectivity index (χ1) is 9.61. The second kappa shape index (κ2) is 5.26. The Hall–Kier alpha value is -1.86. The van der Waals surface area contributed by atoms with Gasteiger partial charge in [0.1, 0.15) is 0 Å². The fourth-order valence-electron chi connectivity index (χ4n) is 2.07. The van der Waals surface area contributed by atoms with E-state index in [0.717, 1.165) is 14.9 Å². The van der Waals surface area contributed by atoms with Crippen molar-refractivity contribution in [3.8, 4) is 0 Å². The molecule has 2 aromatic rings. The summed E-state index contributed by atoms with van der Waals surface area (Å²) < 4.78 is 12.3. The highest BCUT2D eigenvalue weighted by atomic mass is 32.1. The summed E-state index contributed by atoms with van der Waals surface area (Å²) in [7, 11) is 0.726. The van der Waals surface area contributed by atoms with E-state index in [1.807, 2.05) is 30.3 Å². The second-order valence-electron chi connectivity index (χ2n) is 4.67. The fraction of sp³-hybridized carbons (Fsp3) is 0.231. The zero-order valence-electron chi connectivity index (χ0n) is 10.9. The Balaban J connectivity index is 1.90. The number of thiophene rings is 1. The molecule has 0 atom stereocenters. The molecule has 1 fully saturated rings. The van der Waals surface area contributed by atoms with Crippen LogP contribution in [0.3, 0.4) is 0 Å². The van der Waals surface area contributed by atoms with Gasteiger partial charge in [-0.05, 0) is 24.6 Å². The molecule has 0 radical (unpaired) electrons. The Morgan fingerprint density at radius 3 is 2.45 bits per heavy atom. The minimum absolute atomic E-state index is 0.0799. The lowest BCUT2D eigenvalue weighted by molar-refractivity contribution is -0.145. The second-order valence-corrected chi connectivity index (χ2v) is 5.79. The molecule has 0 N–H and O–H groups in total. The van der Waals surface area contributed by atoms with Gasteiger partial charge in [0, 0.05) is 4.70 Å².